The van der Waals surface area contributed by atoms with Crippen LogP contribution in [-0.4, -0.2) is 46.9 Å². The number of amides is 1. The molecule has 6 heteroatoms. The van der Waals surface area contributed by atoms with Crippen molar-refractivity contribution in [1.82, 2.24) is 5.32 Å². The van der Waals surface area contributed by atoms with E-state index in [1.807, 2.05) is 54.7 Å². The molecule has 0 radical (unpaired) electrons. The average molecular weight is 904 g/mol. The maximum absolute atomic E-state index is 13.2. The highest BCUT2D eigenvalue weighted by molar-refractivity contribution is 5.77. The molecule has 0 aliphatic rings. The van der Waals surface area contributed by atoms with E-state index in [0.717, 1.165) is 70.6 Å². The summed E-state index contributed by atoms with van der Waals surface area (Å²) in [7, 11) is 0. The Labute approximate surface area is 401 Å². The van der Waals surface area contributed by atoms with Crippen molar-refractivity contribution in [1.29, 1.82) is 0 Å². The molecule has 3 atom stereocenters. The van der Waals surface area contributed by atoms with Crippen molar-refractivity contribution in [3.63, 3.8) is 0 Å². The summed E-state index contributed by atoms with van der Waals surface area (Å²) in [5.74, 6) is -0.576. The zero-order valence-corrected chi connectivity index (χ0v) is 42.3. The summed E-state index contributed by atoms with van der Waals surface area (Å²) in [6.45, 7) is 6.31. The summed E-state index contributed by atoms with van der Waals surface area (Å²) in [6, 6.07) is -0.731. The zero-order valence-electron chi connectivity index (χ0n) is 42.3. The van der Waals surface area contributed by atoms with E-state index >= 15 is 0 Å². The predicted octanol–water partition coefficient (Wildman–Crippen LogP) is 16.5. The van der Waals surface area contributed by atoms with Crippen LogP contribution in [0, 0.1) is 0 Å². The van der Waals surface area contributed by atoms with E-state index in [1.54, 1.807) is 0 Å². The second-order valence-corrected chi connectivity index (χ2v) is 18.1. The number of aliphatic hydroxyl groups is 2. The van der Waals surface area contributed by atoms with Gasteiger partial charge in [0.25, 0.3) is 0 Å². The van der Waals surface area contributed by atoms with Crippen molar-refractivity contribution in [2.24, 2.45) is 0 Å². The molecule has 0 aromatic heterocycles. The minimum atomic E-state index is -0.813. The summed E-state index contributed by atoms with van der Waals surface area (Å²) in [5.41, 5.74) is 0. The quantitative estimate of drug-likeness (QED) is 0.0321. The maximum atomic E-state index is 13.2. The highest BCUT2D eigenvalue weighted by Gasteiger charge is 2.24. The van der Waals surface area contributed by atoms with Crippen LogP contribution in [0.5, 0.6) is 0 Å². The Kier molecular flexibility index (Phi) is 49.2. The van der Waals surface area contributed by atoms with Crippen LogP contribution in [0.3, 0.4) is 0 Å². The van der Waals surface area contributed by atoms with Gasteiger partial charge in [-0.3, -0.25) is 9.59 Å². The molecular weight excluding hydrogens is 803 g/mol. The summed E-state index contributed by atoms with van der Waals surface area (Å²) in [4.78, 5) is 26.2. The van der Waals surface area contributed by atoms with E-state index in [9.17, 15) is 19.8 Å². The molecule has 3 unspecified atom stereocenters. The van der Waals surface area contributed by atoms with E-state index in [-0.39, 0.29) is 24.9 Å². The largest absolute Gasteiger partial charge is 0.462 e. The number of ether oxygens (including phenoxy) is 1. The lowest BCUT2D eigenvalue weighted by Crippen LogP contribution is -2.46. The van der Waals surface area contributed by atoms with Crippen molar-refractivity contribution in [2.75, 3.05) is 6.61 Å². The van der Waals surface area contributed by atoms with Crippen molar-refractivity contribution in [3.8, 4) is 0 Å². The fourth-order valence-electron chi connectivity index (χ4n) is 7.75. The monoisotopic (exact) mass is 904 g/mol. The fourth-order valence-corrected chi connectivity index (χ4v) is 7.75. The predicted molar refractivity (Wildman–Crippen MR) is 282 cm³/mol. The molecule has 0 bridgehead atoms. The number of carbonyl (C=O) groups excluding carboxylic acids is 2. The number of carbonyl (C=O) groups is 2. The van der Waals surface area contributed by atoms with Gasteiger partial charge < -0.3 is 20.3 Å². The number of esters is 1. The molecule has 0 aromatic rings. The summed E-state index contributed by atoms with van der Waals surface area (Å²) in [5, 5.41) is 23.8. The fraction of sp³-hybridized carbons (Fsp3) is 0.695. The van der Waals surface area contributed by atoms with E-state index in [4.69, 9.17) is 4.74 Å². The van der Waals surface area contributed by atoms with Gasteiger partial charge in [-0.1, -0.05) is 259 Å². The molecule has 6 nitrogen and oxygen atoms in total. The van der Waals surface area contributed by atoms with Crippen LogP contribution in [0.25, 0.3) is 0 Å². The van der Waals surface area contributed by atoms with E-state index < -0.39 is 18.2 Å². The van der Waals surface area contributed by atoms with Gasteiger partial charge in [0.2, 0.25) is 5.91 Å². The molecular formula is C59H101NO5. The van der Waals surface area contributed by atoms with Gasteiger partial charge in [0, 0.05) is 6.42 Å². The topological polar surface area (TPSA) is 95.9 Å². The van der Waals surface area contributed by atoms with Gasteiger partial charge in [-0.25, -0.2) is 0 Å². The molecule has 0 heterocycles. The lowest BCUT2D eigenvalue weighted by atomic mass is 10.0. The third-order valence-corrected chi connectivity index (χ3v) is 11.8. The van der Waals surface area contributed by atoms with E-state index in [0.29, 0.717) is 19.3 Å². The van der Waals surface area contributed by atoms with Crippen LogP contribution in [0.2, 0.25) is 0 Å². The minimum Gasteiger partial charge on any atom is -0.462 e. The normalized spacial score (nSPS) is 14.0. The molecule has 0 spiro atoms. The molecule has 0 aromatic carbocycles. The summed E-state index contributed by atoms with van der Waals surface area (Å²) in [6.07, 6.45) is 68.9. The highest BCUT2D eigenvalue weighted by Crippen LogP contribution is 2.17. The van der Waals surface area contributed by atoms with Crippen molar-refractivity contribution in [3.05, 3.63) is 97.2 Å². The number of hydrogen-bond acceptors (Lipinski definition) is 5. The first-order valence-corrected chi connectivity index (χ1v) is 27.1. The first-order valence-electron chi connectivity index (χ1n) is 27.1. The molecule has 0 saturated carbocycles. The van der Waals surface area contributed by atoms with Crippen LogP contribution in [-0.2, 0) is 14.3 Å². The van der Waals surface area contributed by atoms with Crippen LogP contribution in [0.15, 0.2) is 97.2 Å². The molecule has 3 N–H and O–H groups in total. The average Bonchev–Trinajstić information content (AvgIpc) is 3.30. The summed E-state index contributed by atoms with van der Waals surface area (Å²) < 4.78 is 5.90. The van der Waals surface area contributed by atoms with Crippen LogP contribution in [0.1, 0.15) is 239 Å². The lowest BCUT2D eigenvalue weighted by Gasteiger charge is -2.24. The molecule has 0 aliphatic carbocycles. The number of unbranched alkanes of at least 4 members (excludes halogenated alkanes) is 25. The standard InChI is InChI=1S/C59H101NO5/c1-4-7-10-13-16-19-22-25-28-29-31-34-37-40-43-46-49-52-59(64)65-55(50-47-44-41-38-35-32-27-24-21-18-15-12-9-6-3)53-58(63)60-56(54-61)57(62)51-48-45-42-39-36-33-30-26-23-20-17-14-11-8-5-2/h7,10,13,16,19,22,25,28-29,31-32,34-35,37-38,41,55-57,61-62H,4-6,8-9,11-12,14-15,17-18,20-21,23-24,26-27,30,33,36,39-40,42-54H2,1-3H3,(H,60,63)/b10-7-,16-13+,22-19+,28-25-,31-29+,35-32+,37-34+,41-38+. The van der Waals surface area contributed by atoms with Crippen LogP contribution >= 0.6 is 0 Å². The molecule has 0 rings (SSSR count). The SMILES string of the molecule is CC\C=C/C=C/C=C/C=C\C=C\C=C\CCCCCC(=O)OC(CCC/C=C/C=C/CCCCCCCCC)CC(=O)NC(CO)C(O)CCCCCCCCCCCCCCCCC. The van der Waals surface area contributed by atoms with Gasteiger partial charge in [0.05, 0.1) is 25.2 Å². The zero-order chi connectivity index (χ0) is 47.4. The number of hydrogen-bond donors (Lipinski definition) is 3. The molecule has 0 saturated heterocycles. The Morgan fingerprint density at radius 3 is 1.31 bits per heavy atom. The second-order valence-electron chi connectivity index (χ2n) is 18.1. The van der Waals surface area contributed by atoms with E-state index in [2.05, 4.69) is 68.6 Å². The molecule has 1 amide bonds. The Morgan fingerprint density at radius 2 is 0.846 bits per heavy atom. The number of aliphatic hydroxyl groups excluding tert-OH is 2. The second kappa shape index (κ2) is 51.8. The van der Waals surface area contributed by atoms with Gasteiger partial charge in [-0.2, -0.15) is 0 Å². The third kappa shape index (κ3) is 47.1. The van der Waals surface area contributed by atoms with E-state index in [1.165, 1.54) is 122 Å². The molecule has 0 fully saturated rings. The molecule has 372 valence electrons. The molecule has 0 aliphatic heterocycles. The number of allylic oxidation sites excluding steroid dienone is 16. The Bertz CT molecular complexity index is 1290. The Hall–Kier alpha value is -3.22. The lowest BCUT2D eigenvalue weighted by molar-refractivity contribution is -0.151. The first-order chi connectivity index (χ1) is 32.0. The third-order valence-electron chi connectivity index (χ3n) is 11.8. The highest BCUT2D eigenvalue weighted by atomic mass is 16.5. The minimum absolute atomic E-state index is 0.0213. The van der Waals surface area contributed by atoms with Crippen molar-refractivity contribution in [2.45, 2.75) is 257 Å². The van der Waals surface area contributed by atoms with Crippen molar-refractivity contribution >= 4 is 11.9 Å². The van der Waals surface area contributed by atoms with Crippen molar-refractivity contribution < 1.29 is 24.5 Å². The Balaban J connectivity index is 4.72. The maximum Gasteiger partial charge on any atom is 0.306 e. The smallest absolute Gasteiger partial charge is 0.306 e. The van der Waals surface area contributed by atoms with Gasteiger partial charge in [0.15, 0.2) is 0 Å². The van der Waals surface area contributed by atoms with Gasteiger partial charge in [-0.15, -0.1) is 0 Å². The van der Waals surface area contributed by atoms with Gasteiger partial charge in [-0.05, 0) is 64.2 Å². The van der Waals surface area contributed by atoms with Gasteiger partial charge in [0.1, 0.15) is 6.10 Å². The molecule has 65 heavy (non-hydrogen) atoms. The Morgan fingerprint density at radius 1 is 0.462 bits per heavy atom. The van der Waals surface area contributed by atoms with Crippen LogP contribution < -0.4 is 5.32 Å². The number of rotatable bonds is 47. The first kappa shape index (κ1) is 61.8. The van der Waals surface area contributed by atoms with Crippen LogP contribution in [0.4, 0.5) is 0 Å². The number of nitrogens with one attached hydrogen (secondary N) is 1. The van der Waals surface area contributed by atoms with Gasteiger partial charge >= 0.3 is 5.97 Å². The summed E-state index contributed by atoms with van der Waals surface area (Å²) >= 11 is 0.